The van der Waals surface area contributed by atoms with Gasteiger partial charge in [-0.1, -0.05) is 83.3 Å². The molecular weight excluding hydrogens is 304 g/mol. The number of nitrogens with one attached hydrogen (secondary N) is 1. The molecule has 0 rings (SSSR count). The Labute approximate surface area is 148 Å². The number of aliphatic hydroxyl groups excluding tert-OH is 2. The normalized spacial score (nSPS) is 14.0. The Morgan fingerprint density at radius 3 is 1.92 bits per heavy atom. The summed E-state index contributed by atoms with van der Waals surface area (Å²) in [6.45, 7) is 3.37. The molecule has 0 radical (unpaired) electrons. The Morgan fingerprint density at radius 2 is 1.46 bits per heavy atom. The lowest BCUT2D eigenvalue weighted by Gasteiger charge is -2.18. The van der Waals surface area contributed by atoms with Gasteiger partial charge < -0.3 is 15.5 Å². The third kappa shape index (κ3) is 14.7. The van der Waals surface area contributed by atoms with E-state index in [0.29, 0.717) is 0 Å². The molecule has 4 heteroatoms. The third-order valence-electron chi connectivity index (χ3n) is 4.31. The van der Waals surface area contributed by atoms with E-state index in [-0.39, 0.29) is 12.5 Å². The molecule has 3 N–H and O–H groups in total. The van der Waals surface area contributed by atoms with E-state index in [1.54, 1.807) is 6.08 Å². The highest BCUT2D eigenvalue weighted by molar-refractivity contribution is 5.73. The highest BCUT2D eigenvalue weighted by Crippen LogP contribution is 2.12. The van der Waals surface area contributed by atoms with Gasteiger partial charge in [0, 0.05) is 6.92 Å². The zero-order valence-corrected chi connectivity index (χ0v) is 15.8. The van der Waals surface area contributed by atoms with Gasteiger partial charge in [-0.3, -0.25) is 4.79 Å². The van der Waals surface area contributed by atoms with E-state index in [1.165, 1.54) is 71.1 Å². The third-order valence-corrected chi connectivity index (χ3v) is 4.31. The van der Waals surface area contributed by atoms with Gasteiger partial charge in [0.1, 0.15) is 0 Å². The predicted octanol–water partition coefficient (Wildman–Crippen LogP) is 4.10. The SMILES string of the molecule is CCCCCCCCCCCCC/C=C/C(O)C(CO)N[14C](C)=O. The van der Waals surface area contributed by atoms with Crippen LogP contribution in [-0.4, -0.2) is 34.9 Å². The van der Waals surface area contributed by atoms with Gasteiger partial charge in [0.15, 0.2) is 0 Å². The summed E-state index contributed by atoms with van der Waals surface area (Å²) >= 11 is 0. The first-order valence-electron chi connectivity index (χ1n) is 9.84. The molecule has 0 aliphatic heterocycles. The van der Waals surface area contributed by atoms with E-state index in [9.17, 15) is 9.90 Å². The minimum absolute atomic E-state index is 0.244. The van der Waals surface area contributed by atoms with Crippen molar-refractivity contribution in [1.29, 1.82) is 0 Å². The summed E-state index contributed by atoms with van der Waals surface area (Å²) in [7, 11) is 0. The number of rotatable bonds is 16. The van der Waals surface area contributed by atoms with Crippen molar-refractivity contribution in [1.82, 2.24) is 5.32 Å². The molecule has 0 spiro atoms. The van der Waals surface area contributed by atoms with Crippen molar-refractivity contribution < 1.29 is 15.0 Å². The second-order valence-corrected chi connectivity index (χ2v) is 6.73. The van der Waals surface area contributed by atoms with Crippen LogP contribution in [0.5, 0.6) is 0 Å². The monoisotopic (exact) mass is 343 g/mol. The number of carbonyl (C=O) groups is 1. The number of amides is 1. The van der Waals surface area contributed by atoms with Crippen LogP contribution < -0.4 is 5.32 Å². The number of carbonyl (C=O) groups excluding carboxylic acids is 1. The summed E-state index contributed by atoms with van der Waals surface area (Å²) in [5, 5.41) is 21.5. The molecule has 142 valence electrons. The maximum atomic E-state index is 10.9. The summed E-state index contributed by atoms with van der Waals surface area (Å²) in [6, 6.07) is -0.615. The highest BCUT2D eigenvalue weighted by atomic mass is 16.3. The number of hydrogen-bond acceptors (Lipinski definition) is 3. The van der Waals surface area contributed by atoms with Gasteiger partial charge in [0.2, 0.25) is 5.91 Å². The lowest BCUT2D eigenvalue weighted by atomic mass is 10.0. The van der Waals surface area contributed by atoms with Crippen molar-refractivity contribution in [3.63, 3.8) is 0 Å². The van der Waals surface area contributed by atoms with Gasteiger partial charge in [0.05, 0.1) is 18.8 Å². The Hall–Kier alpha value is -0.870. The summed E-state index contributed by atoms with van der Waals surface area (Å²) in [5.74, 6) is -0.244. The van der Waals surface area contributed by atoms with E-state index >= 15 is 0 Å². The van der Waals surface area contributed by atoms with E-state index in [4.69, 9.17) is 5.11 Å². The Balaban J connectivity index is 3.47. The van der Waals surface area contributed by atoms with Crippen LogP contribution >= 0.6 is 0 Å². The fourth-order valence-corrected chi connectivity index (χ4v) is 2.80. The molecule has 0 fully saturated rings. The topological polar surface area (TPSA) is 69.6 Å². The number of hydrogen-bond donors (Lipinski definition) is 3. The average molecular weight is 344 g/mol. The largest absolute Gasteiger partial charge is 0.394 e. The van der Waals surface area contributed by atoms with Crippen LogP contribution in [0.3, 0.4) is 0 Å². The molecule has 0 saturated carbocycles. The van der Waals surface area contributed by atoms with Crippen LogP contribution in [0.1, 0.15) is 90.9 Å². The van der Waals surface area contributed by atoms with Gasteiger partial charge in [-0.2, -0.15) is 0 Å². The first-order chi connectivity index (χ1) is 11.6. The zero-order chi connectivity index (χ0) is 18.0. The molecule has 0 aromatic carbocycles. The Kier molecular flexibility index (Phi) is 16.4. The van der Waals surface area contributed by atoms with Crippen LogP contribution in [0.4, 0.5) is 0 Å². The lowest BCUT2D eigenvalue weighted by molar-refractivity contribution is -0.120. The molecule has 0 heterocycles. The molecule has 4 nitrogen and oxygen atoms in total. The van der Waals surface area contributed by atoms with Crippen molar-refractivity contribution in [2.45, 2.75) is 103 Å². The average Bonchev–Trinajstić information content (AvgIpc) is 2.56. The molecular formula is C20H39NO3. The molecule has 24 heavy (non-hydrogen) atoms. The van der Waals surface area contributed by atoms with Crippen molar-refractivity contribution in [3.05, 3.63) is 12.2 Å². The molecule has 0 aromatic rings. The summed E-state index contributed by atoms with van der Waals surface area (Å²) in [4.78, 5) is 10.9. The molecule has 2 atom stereocenters. The number of unbranched alkanes of at least 4 members (excludes halogenated alkanes) is 11. The van der Waals surface area contributed by atoms with E-state index in [2.05, 4.69) is 12.2 Å². The van der Waals surface area contributed by atoms with Crippen LogP contribution in [0, 0.1) is 0 Å². The maximum Gasteiger partial charge on any atom is 0.217 e. The zero-order valence-electron chi connectivity index (χ0n) is 15.8. The molecule has 0 aliphatic rings. The summed E-state index contributed by atoms with van der Waals surface area (Å²) in [5.41, 5.74) is 0. The minimum atomic E-state index is -0.827. The Morgan fingerprint density at radius 1 is 0.958 bits per heavy atom. The predicted molar refractivity (Wildman–Crippen MR) is 101 cm³/mol. The van der Waals surface area contributed by atoms with Crippen molar-refractivity contribution >= 4 is 5.91 Å². The minimum Gasteiger partial charge on any atom is -0.394 e. The highest BCUT2D eigenvalue weighted by Gasteiger charge is 2.15. The molecule has 0 aromatic heterocycles. The smallest absolute Gasteiger partial charge is 0.217 e. The van der Waals surface area contributed by atoms with Gasteiger partial charge in [-0.15, -0.1) is 0 Å². The maximum absolute atomic E-state index is 10.9. The van der Waals surface area contributed by atoms with E-state index in [0.717, 1.165) is 12.8 Å². The molecule has 2 unspecified atom stereocenters. The quantitative estimate of drug-likeness (QED) is 0.292. The number of aliphatic hydroxyl groups is 2. The second kappa shape index (κ2) is 17.0. The fourth-order valence-electron chi connectivity index (χ4n) is 2.80. The van der Waals surface area contributed by atoms with E-state index in [1.807, 2.05) is 6.08 Å². The number of allylic oxidation sites excluding steroid dienone is 1. The standard InChI is InChI=1S/C20H39NO3/c1-3-4-5-6-7-8-9-10-11-12-13-14-15-16-20(24)19(17-22)21-18(2)23/h15-16,19-20,22,24H,3-14,17H2,1-2H3,(H,21,23)/b16-15+/i18+2. The van der Waals surface area contributed by atoms with Crippen molar-refractivity contribution in [2.75, 3.05) is 6.61 Å². The van der Waals surface area contributed by atoms with Gasteiger partial charge in [0.25, 0.3) is 0 Å². The van der Waals surface area contributed by atoms with Crippen LogP contribution in [0.2, 0.25) is 0 Å². The van der Waals surface area contributed by atoms with Crippen molar-refractivity contribution in [2.24, 2.45) is 0 Å². The van der Waals surface area contributed by atoms with Gasteiger partial charge >= 0.3 is 0 Å². The van der Waals surface area contributed by atoms with Crippen LogP contribution in [-0.2, 0) is 4.79 Å². The van der Waals surface area contributed by atoms with Crippen molar-refractivity contribution in [3.8, 4) is 0 Å². The summed E-state index contributed by atoms with van der Waals surface area (Å²) in [6.07, 6.45) is 18.3. The molecule has 0 bridgehead atoms. The fraction of sp³-hybridized carbons (Fsp3) is 0.850. The molecule has 1 amide bonds. The van der Waals surface area contributed by atoms with Gasteiger partial charge in [-0.25, -0.2) is 0 Å². The lowest BCUT2D eigenvalue weighted by Crippen LogP contribution is -2.44. The molecule has 0 saturated heterocycles. The second-order valence-electron chi connectivity index (χ2n) is 6.73. The summed E-state index contributed by atoms with van der Waals surface area (Å²) < 4.78 is 0. The van der Waals surface area contributed by atoms with Gasteiger partial charge in [-0.05, 0) is 12.8 Å². The van der Waals surface area contributed by atoms with E-state index < -0.39 is 12.1 Å². The first kappa shape index (κ1) is 23.1. The van der Waals surface area contributed by atoms with Crippen LogP contribution in [0.15, 0.2) is 12.2 Å². The molecule has 0 aliphatic carbocycles. The van der Waals surface area contributed by atoms with Crippen LogP contribution in [0.25, 0.3) is 0 Å². The Bertz CT molecular complexity index is 318. The first-order valence-corrected chi connectivity index (χ1v) is 9.84.